The van der Waals surface area contributed by atoms with Crippen molar-refractivity contribution in [2.75, 3.05) is 0 Å². The first-order valence-electron chi connectivity index (χ1n) is 9.90. The molecule has 1 aliphatic carbocycles. The molecular formula is C22H22FN3O2S. The Morgan fingerprint density at radius 2 is 1.97 bits per heavy atom. The Balaban J connectivity index is 1.21. The number of nitrogens with zero attached hydrogens (tertiary/aromatic N) is 2. The van der Waals surface area contributed by atoms with Gasteiger partial charge in [0.25, 0.3) is 5.19 Å². The maximum Gasteiger partial charge on any atom is 0.279 e. The number of fused-ring (bicyclic) bond motifs is 3. The summed E-state index contributed by atoms with van der Waals surface area (Å²) in [5, 5.41) is 3.50. The molecule has 1 unspecified atom stereocenters. The van der Waals surface area contributed by atoms with Gasteiger partial charge >= 0.3 is 0 Å². The van der Waals surface area contributed by atoms with E-state index in [4.69, 9.17) is 4.74 Å². The van der Waals surface area contributed by atoms with Crippen molar-refractivity contribution in [2.45, 2.75) is 50.9 Å². The number of hydrogen-bond donors (Lipinski definition) is 1. The third-order valence-corrected chi connectivity index (χ3v) is 6.75. The molecule has 2 bridgehead atoms. The summed E-state index contributed by atoms with van der Waals surface area (Å²) in [5.74, 6) is 0.432. The number of nitrogens with one attached hydrogen (secondary N) is 1. The van der Waals surface area contributed by atoms with E-state index in [0.29, 0.717) is 34.6 Å². The normalized spacial score (nSPS) is 23.6. The average Bonchev–Trinajstić information content (AvgIpc) is 3.11. The van der Waals surface area contributed by atoms with Gasteiger partial charge in [-0.1, -0.05) is 29.5 Å². The maximum atomic E-state index is 13.8. The number of ether oxygens (including phenoxy) is 1. The van der Waals surface area contributed by atoms with Gasteiger partial charge in [0.05, 0.1) is 4.70 Å². The fraction of sp³-hybridized carbons (Fsp3) is 0.364. The van der Waals surface area contributed by atoms with Gasteiger partial charge in [0.1, 0.15) is 17.1 Å². The number of rotatable bonds is 5. The van der Waals surface area contributed by atoms with Crippen molar-refractivity contribution in [1.82, 2.24) is 15.2 Å². The summed E-state index contributed by atoms with van der Waals surface area (Å²) in [6, 6.07) is 14.4. The molecule has 3 fully saturated rings. The van der Waals surface area contributed by atoms with E-state index >= 15 is 0 Å². The highest BCUT2D eigenvalue weighted by Crippen LogP contribution is 2.39. The molecule has 3 heterocycles. The summed E-state index contributed by atoms with van der Waals surface area (Å²) in [6.45, 7) is 2.50. The van der Waals surface area contributed by atoms with E-state index in [0.717, 1.165) is 24.1 Å². The van der Waals surface area contributed by atoms with Crippen LogP contribution in [0.4, 0.5) is 4.39 Å². The Morgan fingerprint density at radius 1 is 1.21 bits per heavy atom. The van der Waals surface area contributed by atoms with Crippen LogP contribution in [0.25, 0.3) is 10.2 Å². The Kier molecular flexibility index (Phi) is 4.72. The van der Waals surface area contributed by atoms with Gasteiger partial charge in [0, 0.05) is 31.6 Å². The van der Waals surface area contributed by atoms with Crippen molar-refractivity contribution >= 4 is 27.5 Å². The molecule has 3 atom stereocenters. The van der Waals surface area contributed by atoms with Gasteiger partial charge in [0.15, 0.2) is 0 Å². The quantitative estimate of drug-likeness (QED) is 0.673. The van der Waals surface area contributed by atoms with Gasteiger partial charge in [-0.3, -0.25) is 9.69 Å². The number of carbonyl (C=O) groups is 1. The van der Waals surface area contributed by atoms with Crippen LogP contribution in [0.3, 0.4) is 0 Å². The molecule has 3 aromatic rings. The van der Waals surface area contributed by atoms with Gasteiger partial charge in [0.2, 0.25) is 5.91 Å². The smallest absolute Gasteiger partial charge is 0.279 e. The molecule has 0 spiro atoms. The number of aromatic nitrogens is 1. The van der Waals surface area contributed by atoms with Crippen LogP contribution in [0, 0.1) is 5.82 Å². The molecule has 0 radical (unpaired) electrons. The van der Waals surface area contributed by atoms with E-state index < -0.39 is 0 Å². The molecular weight excluding hydrogens is 389 g/mol. The van der Waals surface area contributed by atoms with Gasteiger partial charge in [-0.15, -0.1) is 0 Å². The predicted octanol–water partition coefficient (Wildman–Crippen LogP) is 4.47. The second kappa shape index (κ2) is 7.39. The zero-order valence-corrected chi connectivity index (χ0v) is 16.9. The molecule has 1 amide bonds. The zero-order valence-electron chi connectivity index (χ0n) is 16.1. The van der Waals surface area contributed by atoms with Gasteiger partial charge in [-0.2, -0.15) is 4.98 Å². The maximum absolute atomic E-state index is 13.8. The second-order valence-electron chi connectivity index (χ2n) is 7.90. The number of thiazole rings is 1. The zero-order chi connectivity index (χ0) is 20.0. The number of para-hydroxylation sites is 1. The molecule has 5 nitrogen and oxygen atoms in total. The van der Waals surface area contributed by atoms with Crippen molar-refractivity contribution in [3.05, 3.63) is 53.8 Å². The van der Waals surface area contributed by atoms with E-state index in [1.54, 1.807) is 13.0 Å². The Hall–Kier alpha value is -2.51. The second-order valence-corrected chi connectivity index (χ2v) is 8.89. The van der Waals surface area contributed by atoms with Gasteiger partial charge in [-0.25, -0.2) is 4.39 Å². The van der Waals surface area contributed by atoms with Crippen molar-refractivity contribution in [3.63, 3.8) is 0 Å². The van der Waals surface area contributed by atoms with Gasteiger partial charge < -0.3 is 10.1 Å². The number of hydrogen-bond acceptors (Lipinski definition) is 5. The van der Waals surface area contributed by atoms with Crippen LogP contribution >= 0.6 is 11.3 Å². The van der Waals surface area contributed by atoms with Crippen LogP contribution in [0.15, 0.2) is 42.5 Å². The summed E-state index contributed by atoms with van der Waals surface area (Å²) in [5.41, 5.74) is 1.59. The lowest BCUT2D eigenvalue weighted by atomic mass is 9.76. The molecule has 2 aliphatic heterocycles. The lowest BCUT2D eigenvalue weighted by Gasteiger charge is -2.55. The molecule has 1 N–H and O–H groups in total. The van der Waals surface area contributed by atoms with Crippen molar-refractivity contribution < 1.29 is 13.9 Å². The van der Waals surface area contributed by atoms with Crippen molar-refractivity contribution in [2.24, 2.45) is 0 Å². The number of amides is 1. The molecule has 2 saturated heterocycles. The van der Waals surface area contributed by atoms with E-state index in [1.165, 1.54) is 29.4 Å². The minimum absolute atomic E-state index is 0.0642. The van der Waals surface area contributed by atoms with Crippen molar-refractivity contribution in [1.29, 1.82) is 0 Å². The van der Waals surface area contributed by atoms with Gasteiger partial charge in [-0.05, 0) is 49.1 Å². The first-order chi connectivity index (χ1) is 14.0. The molecule has 2 aromatic carbocycles. The molecule has 150 valence electrons. The van der Waals surface area contributed by atoms with E-state index in [2.05, 4.69) is 27.3 Å². The van der Waals surface area contributed by atoms with Crippen molar-refractivity contribution in [3.8, 4) is 10.9 Å². The summed E-state index contributed by atoms with van der Waals surface area (Å²) < 4.78 is 20.4. The van der Waals surface area contributed by atoms with E-state index in [1.807, 2.05) is 18.2 Å². The Labute approximate surface area is 172 Å². The summed E-state index contributed by atoms with van der Waals surface area (Å²) in [7, 11) is 0. The van der Waals surface area contributed by atoms with E-state index in [9.17, 15) is 9.18 Å². The highest BCUT2D eigenvalue weighted by atomic mass is 32.1. The minimum Gasteiger partial charge on any atom is -0.431 e. The van der Waals surface area contributed by atoms with Crippen LogP contribution in [0.5, 0.6) is 10.9 Å². The molecule has 3 aliphatic rings. The average molecular weight is 412 g/mol. The molecule has 1 aromatic heterocycles. The fourth-order valence-corrected chi connectivity index (χ4v) is 5.39. The number of halogens is 1. The Morgan fingerprint density at radius 3 is 2.66 bits per heavy atom. The highest BCUT2D eigenvalue weighted by Gasteiger charge is 2.45. The monoisotopic (exact) mass is 411 g/mol. The van der Waals surface area contributed by atoms with E-state index in [-0.39, 0.29) is 11.7 Å². The summed E-state index contributed by atoms with van der Waals surface area (Å²) >= 11 is 1.34. The Bertz CT molecular complexity index is 1040. The highest BCUT2D eigenvalue weighted by molar-refractivity contribution is 7.20. The standard InChI is InChI=1S/C22H22FN3O2S/c1-13(27)24-15-9-16-11-17(10-15)26(16)12-14-5-7-18(8-6-14)28-22-25-21-19(23)3-2-4-20(21)29-22/h2-8,15-17H,9-12H2,1H3,(H,24,27)/t15-,16-,17?/m1/s1. The molecule has 29 heavy (non-hydrogen) atoms. The lowest BCUT2D eigenvalue weighted by Crippen LogP contribution is -2.63. The number of piperidine rings is 1. The van der Waals surface area contributed by atoms with Crippen LogP contribution in [-0.4, -0.2) is 33.9 Å². The lowest BCUT2D eigenvalue weighted by molar-refractivity contribution is -0.121. The summed E-state index contributed by atoms with van der Waals surface area (Å²) in [4.78, 5) is 18.1. The van der Waals surface area contributed by atoms with Crippen LogP contribution < -0.4 is 10.1 Å². The third-order valence-electron chi connectivity index (χ3n) is 5.85. The number of carbonyl (C=O) groups excluding carboxylic acids is 1. The fourth-order valence-electron chi connectivity index (χ4n) is 4.54. The largest absolute Gasteiger partial charge is 0.431 e. The minimum atomic E-state index is -0.329. The molecule has 1 saturated carbocycles. The predicted molar refractivity (Wildman–Crippen MR) is 111 cm³/mol. The number of benzene rings is 2. The van der Waals surface area contributed by atoms with Crippen LogP contribution in [0.2, 0.25) is 0 Å². The molecule has 6 rings (SSSR count). The SMILES string of the molecule is CC(=O)N[C@H]1CC2C[C@@H](C1)N2Cc1ccc(Oc2nc3c(F)cccc3s2)cc1. The molecule has 7 heteroatoms. The third kappa shape index (κ3) is 3.72. The van der Waals surface area contributed by atoms with Crippen LogP contribution in [-0.2, 0) is 11.3 Å². The first kappa shape index (κ1) is 18.5. The topological polar surface area (TPSA) is 54.5 Å². The first-order valence-corrected chi connectivity index (χ1v) is 10.7. The van der Waals surface area contributed by atoms with Crippen LogP contribution in [0.1, 0.15) is 31.7 Å². The summed E-state index contributed by atoms with van der Waals surface area (Å²) in [6.07, 6.45) is 3.29.